The van der Waals surface area contributed by atoms with Crippen LogP contribution in [0.1, 0.15) is 30.1 Å². The van der Waals surface area contributed by atoms with Crippen LogP contribution in [0.5, 0.6) is 11.5 Å². The summed E-state index contributed by atoms with van der Waals surface area (Å²) < 4.78 is 10.5. The highest BCUT2D eigenvalue weighted by Gasteiger charge is 2.24. The Morgan fingerprint density at radius 1 is 1.40 bits per heavy atom. The monoisotopic (exact) mass is 279 g/mol. The van der Waals surface area contributed by atoms with Crippen LogP contribution in [-0.2, 0) is 4.74 Å². The van der Waals surface area contributed by atoms with Crippen LogP contribution in [0, 0.1) is 0 Å². The maximum absolute atomic E-state index is 12.3. The van der Waals surface area contributed by atoms with E-state index in [1.165, 1.54) is 13.2 Å². The number of likely N-dealkylation sites (tertiary alicyclic amines) is 1. The van der Waals surface area contributed by atoms with Crippen LogP contribution in [0.2, 0.25) is 0 Å². The Balaban J connectivity index is 2.00. The Labute approximate surface area is 119 Å². The van der Waals surface area contributed by atoms with E-state index < -0.39 is 0 Å². The highest BCUT2D eigenvalue weighted by molar-refractivity contribution is 5.95. The summed E-state index contributed by atoms with van der Waals surface area (Å²) in [4.78, 5) is 14.2. The molecule has 1 N–H and O–H groups in total. The summed E-state index contributed by atoms with van der Waals surface area (Å²) >= 11 is 0. The lowest BCUT2D eigenvalue weighted by atomic mass is 10.1. The van der Waals surface area contributed by atoms with Crippen molar-refractivity contribution in [3.63, 3.8) is 0 Å². The van der Waals surface area contributed by atoms with Crippen LogP contribution in [0.15, 0.2) is 18.2 Å². The predicted molar refractivity (Wildman–Crippen MR) is 75.2 cm³/mol. The molecule has 2 rings (SSSR count). The van der Waals surface area contributed by atoms with Gasteiger partial charge >= 0.3 is 0 Å². The number of phenolic OH excluding ortho intramolecular Hbond substituents is 1. The van der Waals surface area contributed by atoms with Gasteiger partial charge in [-0.3, -0.25) is 4.79 Å². The molecule has 1 saturated heterocycles. The molecule has 5 heteroatoms. The standard InChI is InChI=1S/C15H21NO4/c1-3-20-12-6-8-16(9-7-12)15(18)11-4-5-14(19-2)13(17)10-11/h4-5,10,12,17H,3,6-9H2,1-2H3. The molecule has 1 aliphatic rings. The third-order valence-corrected chi connectivity index (χ3v) is 3.56. The lowest BCUT2D eigenvalue weighted by Crippen LogP contribution is -2.40. The fraction of sp³-hybridized carbons (Fsp3) is 0.533. The summed E-state index contributed by atoms with van der Waals surface area (Å²) in [7, 11) is 1.48. The van der Waals surface area contributed by atoms with Gasteiger partial charge < -0.3 is 19.5 Å². The van der Waals surface area contributed by atoms with Crippen LogP contribution in [0.25, 0.3) is 0 Å². The van der Waals surface area contributed by atoms with Crippen molar-refractivity contribution in [3.8, 4) is 11.5 Å². The molecule has 20 heavy (non-hydrogen) atoms. The molecule has 0 radical (unpaired) electrons. The Bertz CT molecular complexity index is 467. The molecule has 0 spiro atoms. The number of ether oxygens (including phenoxy) is 2. The number of phenols is 1. The molecule has 0 saturated carbocycles. The van der Waals surface area contributed by atoms with Gasteiger partial charge in [-0.1, -0.05) is 0 Å². The van der Waals surface area contributed by atoms with E-state index in [9.17, 15) is 9.90 Å². The third kappa shape index (κ3) is 3.22. The van der Waals surface area contributed by atoms with E-state index in [0.717, 1.165) is 12.8 Å². The number of carbonyl (C=O) groups excluding carboxylic acids is 1. The van der Waals surface area contributed by atoms with Crippen molar-refractivity contribution >= 4 is 5.91 Å². The fourth-order valence-electron chi connectivity index (χ4n) is 2.47. The first-order valence-electron chi connectivity index (χ1n) is 6.93. The molecule has 0 unspecified atom stereocenters. The fourth-order valence-corrected chi connectivity index (χ4v) is 2.47. The maximum atomic E-state index is 12.3. The Morgan fingerprint density at radius 3 is 2.65 bits per heavy atom. The van der Waals surface area contributed by atoms with E-state index >= 15 is 0 Å². The molecule has 0 aliphatic carbocycles. The number of benzene rings is 1. The van der Waals surface area contributed by atoms with E-state index in [1.54, 1.807) is 17.0 Å². The number of aromatic hydroxyl groups is 1. The van der Waals surface area contributed by atoms with Crippen LogP contribution in [0.3, 0.4) is 0 Å². The average molecular weight is 279 g/mol. The molecule has 1 fully saturated rings. The molecule has 0 atom stereocenters. The van der Waals surface area contributed by atoms with Crippen molar-refractivity contribution in [2.45, 2.75) is 25.9 Å². The van der Waals surface area contributed by atoms with E-state index in [2.05, 4.69) is 0 Å². The van der Waals surface area contributed by atoms with Gasteiger partial charge in [-0.2, -0.15) is 0 Å². The zero-order valence-corrected chi connectivity index (χ0v) is 12.0. The average Bonchev–Trinajstić information content (AvgIpc) is 2.47. The first kappa shape index (κ1) is 14.7. The normalized spacial score (nSPS) is 16.2. The van der Waals surface area contributed by atoms with Crippen molar-refractivity contribution in [1.82, 2.24) is 4.90 Å². The van der Waals surface area contributed by atoms with Gasteiger partial charge in [0.2, 0.25) is 0 Å². The van der Waals surface area contributed by atoms with Crippen molar-refractivity contribution in [2.24, 2.45) is 0 Å². The van der Waals surface area contributed by atoms with Crippen LogP contribution < -0.4 is 4.74 Å². The number of hydrogen-bond donors (Lipinski definition) is 1. The molecule has 5 nitrogen and oxygen atoms in total. The molecular formula is C15H21NO4. The van der Waals surface area contributed by atoms with Gasteiger partial charge in [-0.15, -0.1) is 0 Å². The maximum Gasteiger partial charge on any atom is 0.253 e. The van der Waals surface area contributed by atoms with Gasteiger partial charge in [-0.05, 0) is 38.0 Å². The van der Waals surface area contributed by atoms with Gasteiger partial charge in [0, 0.05) is 25.3 Å². The minimum atomic E-state index is -0.0575. The van der Waals surface area contributed by atoms with Crippen LogP contribution in [-0.4, -0.2) is 48.8 Å². The topological polar surface area (TPSA) is 59.0 Å². The third-order valence-electron chi connectivity index (χ3n) is 3.56. The molecule has 0 bridgehead atoms. The number of hydrogen-bond acceptors (Lipinski definition) is 4. The van der Waals surface area contributed by atoms with Gasteiger partial charge in [0.05, 0.1) is 13.2 Å². The number of piperidine rings is 1. The second-order valence-corrected chi connectivity index (χ2v) is 4.83. The lowest BCUT2D eigenvalue weighted by Gasteiger charge is -2.31. The SMILES string of the molecule is CCOC1CCN(C(=O)c2ccc(OC)c(O)c2)CC1. The largest absolute Gasteiger partial charge is 0.504 e. The highest BCUT2D eigenvalue weighted by Crippen LogP contribution is 2.27. The second kappa shape index (κ2) is 6.61. The predicted octanol–water partition coefficient (Wildman–Crippen LogP) is 2.04. The number of rotatable bonds is 4. The summed E-state index contributed by atoms with van der Waals surface area (Å²) in [5, 5.41) is 9.73. The van der Waals surface area contributed by atoms with Gasteiger partial charge in [-0.25, -0.2) is 0 Å². The van der Waals surface area contributed by atoms with Crippen molar-refractivity contribution in [3.05, 3.63) is 23.8 Å². The minimum Gasteiger partial charge on any atom is -0.504 e. The van der Waals surface area contributed by atoms with E-state index in [1.807, 2.05) is 6.92 Å². The smallest absolute Gasteiger partial charge is 0.253 e. The Kier molecular flexibility index (Phi) is 4.84. The van der Waals surface area contributed by atoms with Gasteiger partial charge in [0.25, 0.3) is 5.91 Å². The molecule has 1 amide bonds. The summed E-state index contributed by atoms with van der Waals surface area (Å²) in [6.45, 7) is 4.08. The first-order valence-corrected chi connectivity index (χ1v) is 6.93. The summed E-state index contributed by atoms with van der Waals surface area (Å²) in [5.41, 5.74) is 0.484. The minimum absolute atomic E-state index is 0.0115. The molecule has 1 aliphatic heterocycles. The van der Waals surface area contributed by atoms with Gasteiger partial charge in [0.15, 0.2) is 11.5 Å². The highest BCUT2D eigenvalue weighted by atomic mass is 16.5. The number of amides is 1. The molecule has 1 aromatic rings. The zero-order valence-electron chi connectivity index (χ0n) is 12.0. The van der Waals surface area contributed by atoms with Crippen LogP contribution >= 0.6 is 0 Å². The second-order valence-electron chi connectivity index (χ2n) is 4.83. The quantitative estimate of drug-likeness (QED) is 0.916. The number of methoxy groups -OCH3 is 1. The molecule has 0 aromatic heterocycles. The van der Waals surface area contributed by atoms with E-state index in [0.29, 0.717) is 31.0 Å². The molecule has 1 aromatic carbocycles. The van der Waals surface area contributed by atoms with Crippen molar-refractivity contribution in [1.29, 1.82) is 0 Å². The van der Waals surface area contributed by atoms with Gasteiger partial charge in [0.1, 0.15) is 0 Å². The van der Waals surface area contributed by atoms with E-state index in [4.69, 9.17) is 9.47 Å². The number of carbonyl (C=O) groups is 1. The number of nitrogens with zero attached hydrogens (tertiary/aromatic N) is 1. The summed E-state index contributed by atoms with van der Waals surface area (Å²) in [5.74, 6) is 0.303. The van der Waals surface area contributed by atoms with Crippen LogP contribution in [0.4, 0.5) is 0 Å². The first-order chi connectivity index (χ1) is 9.65. The molecule has 1 heterocycles. The summed E-state index contributed by atoms with van der Waals surface area (Å²) in [6, 6.07) is 4.74. The van der Waals surface area contributed by atoms with Crippen molar-refractivity contribution < 1.29 is 19.4 Å². The lowest BCUT2D eigenvalue weighted by molar-refractivity contribution is 0.0146. The summed E-state index contributed by atoms with van der Waals surface area (Å²) in [6.07, 6.45) is 1.98. The van der Waals surface area contributed by atoms with Crippen molar-refractivity contribution in [2.75, 3.05) is 26.8 Å². The zero-order chi connectivity index (χ0) is 14.5. The molecule has 110 valence electrons. The molecular weight excluding hydrogens is 258 g/mol. The Hall–Kier alpha value is -1.75. The van der Waals surface area contributed by atoms with E-state index in [-0.39, 0.29) is 17.8 Å². The Morgan fingerprint density at radius 2 is 2.10 bits per heavy atom.